The van der Waals surface area contributed by atoms with E-state index in [1.54, 1.807) is 6.20 Å². The molecule has 0 radical (unpaired) electrons. The molecule has 0 saturated carbocycles. The normalized spacial score (nSPS) is 10.2. The van der Waals surface area contributed by atoms with Crippen LogP contribution < -0.4 is 10.6 Å². The molecule has 0 bridgehead atoms. The van der Waals surface area contributed by atoms with Crippen LogP contribution in [0.1, 0.15) is 12.5 Å². The molecule has 94 valence electrons. The van der Waals surface area contributed by atoms with Gasteiger partial charge in [0.1, 0.15) is 5.82 Å². The first kappa shape index (κ1) is 12.8. The molecule has 5 heteroatoms. The molecule has 0 aliphatic heterocycles. The van der Waals surface area contributed by atoms with E-state index in [0.717, 1.165) is 22.5 Å². The molecule has 1 aromatic carbocycles. The van der Waals surface area contributed by atoms with Gasteiger partial charge in [-0.25, -0.2) is 4.98 Å². The molecular formula is C13H15BrN4. The van der Waals surface area contributed by atoms with Crippen LogP contribution in [0.3, 0.4) is 0 Å². The first-order chi connectivity index (χ1) is 8.69. The smallest absolute Gasteiger partial charge is 0.224 e. The fourth-order valence-electron chi connectivity index (χ4n) is 1.54. The lowest BCUT2D eigenvalue weighted by Crippen LogP contribution is -2.03. The predicted octanol–water partition coefficient (Wildman–Crippen LogP) is 3.72. The van der Waals surface area contributed by atoms with Crippen molar-refractivity contribution in [2.45, 2.75) is 13.8 Å². The number of aryl methyl sites for hydroxylation is 1. The number of rotatable bonds is 4. The van der Waals surface area contributed by atoms with Crippen molar-refractivity contribution in [1.29, 1.82) is 0 Å². The summed E-state index contributed by atoms with van der Waals surface area (Å²) in [6.07, 6.45) is 1.73. The molecule has 0 saturated heterocycles. The number of benzene rings is 1. The van der Waals surface area contributed by atoms with E-state index in [9.17, 15) is 0 Å². The van der Waals surface area contributed by atoms with Crippen molar-refractivity contribution in [3.8, 4) is 0 Å². The first-order valence-electron chi connectivity index (χ1n) is 5.79. The molecule has 0 fully saturated rings. The van der Waals surface area contributed by atoms with Crippen LogP contribution in [0.5, 0.6) is 0 Å². The van der Waals surface area contributed by atoms with Gasteiger partial charge in [0, 0.05) is 17.2 Å². The highest BCUT2D eigenvalue weighted by atomic mass is 79.9. The van der Waals surface area contributed by atoms with Gasteiger partial charge in [0.15, 0.2) is 0 Å². The van der Waals surface area contributed by atoms with Gasteiger partial charge in [0.05, 0.1) is 5.69 Å². The Hall–Kier alpha value is -1.62. The zero-order chi connectivity index (χ0) is 13.0. The summed E-state index contributed by atoms with van der Waals surface area (Å²) in [5.74, 6) is 1.40. The molecule has 2 N–H and O–H groups in total. The molecule has 0 spiro atoms. The Bertz CT molecular complexity index is 542. The van der Waals surface area contributed by atoms with E-state index in [2.05, 4.69) is 55.6 Å². The molecule has 0 atom stereocenters. The Morgan fingerprint density at radius 3 is 2.89 bits per heavy atom. The Morgan fingerprint density at radius 1 is 1.28 bits per heavy atom. The van der Waals surface area contributed by atoms with Crippen LogP contribution in [-0.4, -0.2) is 16.5 Å². The van der Waals surface area contributed by atoms with Crippen LogP contribution in [0.15, 0.2) is 34.9 Å². The quantitative estimate of drug-likeness (QED) is 0.904. The Balaban J connectivity index is 2.22. The number of hydrogen-bond donors (Lipinski definition) is 2. The van der Waals surface area contributed by atoms with Crippen LogP contribution in [0, 0.1) is 6.92 Å². The standard InChI is InChI=1S/C13H15BrN4/c1-3-15-13-16-7-6-12(18-13)17-11-8-9(2)4-5-10(11)14/h4-8H,3H2,1-2H3,(H2,15,16,17,18). The minimum Gasteiger partial charge on any atom is -0.354 e. The van der Waals surface area contributed by atoms with Gasteiger partial charge in [-0.2, -0.15) is 4.98 Å². The number of hydrogen-bond acceptors (Lipinski definition) is 4. The molecule has 1 aromatic heterocycles. The fraction of sp³-hybridized carbons (Fsp3) is 0.231. The van der Waals surface area contributed by atoms with Gasteiger partial charge in [0.2, 0.25) is 5.95 Å². The molecule has 4 nitrogen and oxygen atoms in total. The maximum atomic E-state index is 4.37. The number of halogens is 1. The molecular weight excluding hydrogens is 292 g/mol. The minimum atomic E-state index is 0.631. The lowest BCUT2D eigenvalue weighted by atomic mass is 10.2. The van der Waals surface area contributed by atoms with Gasteiger partial charge >= 0.3 is 0 Å². The van der Waals surface area contributed by atoms with E-state index in [4.69, 9.17) is 0 Å². The minimum absolute atomic E-state index is 0.631. The van der Waals surface area contributed by atoms with Crippen LogP contribution >= 0.6 is 15.9 Å². The number of aromatic nitrogens is 2. The van der Waals surface area contributed by atoms with Gasteiger partial charge in [-0.05, 0) is 53.5 Å². The van der Waals surface area contributed by atoms with Gasteiger partial charge in [-0.3, -0.25) is 0 Å². The van der Waals surface area contributed by atoms with Gasteiger partial charge < -0.3 is 10.6 Å². The molecule has 1 heterocycles. The van der Waals surface area contributed by atoms with Crippen molar-refractivity contribution in [2.75, 3.05) is 17.2 Å². The summed E-state index contributed by atoms with van der Waals surface area (Å²) in [4.78, 5) is 8.51. The molecule has 0 unspecified atom stereocenters. The van der Waals surface area contributed by atoms with Gasteiger partial charge in [-0.1, -0.05) is 6.07 Å². The molecule has 2 rings (SSSR count). The lowest BCUT2D eigenvalue weighted by molar-refractivity contribution is 1.09. The molecule has 0 amide bonds. The average molecular weight is 307 g/mol. The third-order valence-electron chi connectivity index (χ3n) is 2.38. The Labute approximate surface area is 115 Å². The van der Waals surface area contributed by atoms with E-state index in [-0.39, 0.29) is 0 Å². The summed E-state index contributed by atoms with van der Waals surface area (Å²) in [6, 6.07) is 7.98. The summed E-state index contributed by atoms with van der Waals surface area (Å²) in [7, 11) is 0. The fourth-order valence-corrected chi connectivity index (χ4v) is 1.89. The third-order valence-corrected chi connectivity index (χ3v) is 3.07. The lowest BCUT2D eigenvalue weighted by Gasteiger charge is -2.09. The predicted molar refractivity (Wildman–Crippen MR) is 78.4 cm³/mol. The van der Waals surface area contributed by atoms with E-state index in [0.29, 0.717) is 5.95 Å². The second-order valence-electron chi connectivity index (χ2n) is 3.90. The van der Waals surface area contributed by atoms with Crippen molar-refractivity contribution in [1.82, 2.24) is 9.97 Å². The van der Waals surface area contributed by atoms with E-state index >= 15 is 0 Å². The van der Waals surface area contributed by atoms with Crippen LogP contribution in [0.2, 0.25) is 0 Å². The molecule has 2 aromatic rings. The topological polar surface area (TPSA) is 49.8 Å². The maximum Gasteiger partial charge on any atom is 0.224 e. The summed E-state index contributed by atoms with van der Waals surface area (Å²) in [5, 5.41) is 6.36. The first-order valence-corrected chi connectivity index (χ1v) is 6.58. The second kappa shape index (κ2) is 5.82. The maximum absolute atomic E-state index is 4.37. The average Bonchev–Trinajstić information content (AvgIpc) is 2.35. The highest BCUT2D eigenvalue weighted by Crippen LogP contribution is 2.26. The van der Waals surface area contributed by atoms with Crippen LogP contribution in [0.4, 0.5) is 17.5 Å². The summed E-state index contributed by atoms with van der Waals surface area (Å²) in [6.45, 7) is 4.87. The SMILES string of the molecule is CCNc1nccc(Nc2cc(C)ccc2Br)n1. The number of anilines is 3. The number of nitrogens with zero attached hydrogens (tertiary/aromatic N) is 2. The van der Waals surface area contributed by atoms with E-state index < -0.39 is 0 Å². The summed E-state index contributed by atoms with van der Waals surface area (Å²) < 4.78 is 1.01. The van der Waals surface area contributed by atoms with Gasteiger partial charge in [0.25, 0.3) is 0 Å². The van der Waals surface area contributed by atoms with Crippen molar-refractivity contribution < 1.29 is 0 Å². The third kappa shape index (κ3) is 3.20. The Kier molecular flexibility index (Phi) is 4.15. The highest BCUT2D eigenvalue weighted by molar-refractivity contribution is 9.10. The molecule has 0 aliphatic carbocycles. The Morgan fingerprint density at radius 2 is 2.11 bits per heavy atom. The monoisotopic (exact) mass is 306 g/mol. The van der Waals surface area contributed by atoms with Crippen molar-refractivity contribution in [3.05, 3.63) is 40.5 Å². The second-order valence-corrected chi connectivity index (χ2v) is 4.76. The summed E-state index contributed by atoms with van der Waals surface area (Å²) in [5.41, 5.74) is 2.19. The molecule has 18 heavy (non-hydrogen) atoms. The van der Waals surface area contributed by atoms with Crippen molar-refractivity contribution >= 4 is 33.4 Å². The van der Waals surface area contributed by atoms with Crippen LogP contribution in [-0.2, 0) is 0 Å². The largest absolute Gasteiger partial charge is 0.354 e. The number of nitrogens with one attached hydrogen (secondary N) is 2. The zero-order valence-electron chi connectivity index (χ0n) is 10.4. The van der Waals surface area contributed by atoms with Crippen LogP contribution in [0.25, 0.3) is 0 Å². The summed E-state index contributed by atoms with van der Waals surface area (Å²) >= 11 is 3.52. The molecule has 0 aliphatic rings. The van der Waals surface area contributed by atoms with Crippen molar-refractivity contribution in [2.24, 2.45) is 0 Å². The van der Waals surface area contributed by atoms with E-state index in [1.807, 2.05) is 19.1 Å². The highest BCUT2D eigenvalue weighted by Gasteiger charge is 2.03. The zero-order valence-corrected chi connectivity index (χ0v) is 12.0. The van der Waals surface area contributed by atoms with Gasteiger partial charge in [-0.15, -0.1) is 0 Å². The van der Waals surface area contributed by atoms with Crippen molar-refractivity contribution in [3.63, 3.8) is 0 Å². The van der Waals surface area contributed by atoms with E-state index in [1.165, 1.54) is 5.56 Å².